The van der Waals surface area contributed by atoms with Crippen molar-refractivity contribution in [2.24, 2.45) is 0 Å². The van der Waals surface area contributed by atoms with Crippen molar-refractivity contribution in [3.05, 3.63) is 77.4 Å². The second kappa shape index (κ2) is 8.52. The normalized spacial score (nSPS) is 15.2. The first-order chi connectivity index (χ1) is 16.4. The summed E-state index contributed by atoms with van der Waals surface area (Å²) in [6.07, 6.45) is 1.60. The number of carbonyl (C=O) groups is 2. The summed E-state index contributed by atoms with van der Waals surface area (Å²) in [4.78, 5) is 25.3. The molecule has 1 heterocycles. The maximum Gasteiger partial charge on any atom is 0.251 e. The molecule has 178 valence electrons. The summed E-state index contributed by atoms with van der Waals surface area (Å²) in [7, 11) is 1.62. The first-order valence-corrected chi connectivity index (χ1v) is 11.6. The van der Waals surface area contributed by atoms with Gasteiger partial charge in [0.15, 0.2) is 11.5 Å². The quantitative estimate of drug-likeness (QED) is 0.493. The van der Waals surface area contributed by atoms with Crippen LogP contribution in [-0.4, -0.2) is 25.7 Å². The van der Waals surface area contributed by atoms with E-state index in [1.165, 1.54) is 5.56 Å². The molecular weight excluding hydrogens is 428 g/mol. The van der Waals surface area contributed by atoms with Crippen molar-refractivity contribution in [2.45, 2.75) is 38.0 Å². The van der Waals surface area contributed by atoms with E-state index >= 15 is 0 Å². The third kappa shape index (κ3) is 3.89. The monoisotopic (exact) mass is 460 g/mol. The van der Waals surface area contributed by atoms with E-state index in [-0.39, 0.29) is 21.5 Å². The van der Waals surface area contributed by atoms with Gasteiger partial charge in [-0.1, -0.05) is 38.1 Å². The predicted octanol–water partition coefficient (Wildman–Crippen LogP) is 5.73. The van der Waals surface area contributed by atoms with E-state index in [0.29, 0.717) is 17.2 Å². The Morgan fingerprint density at radius 1 is 0.941 bits per heavy atom. The minimum absolute atomic E-state index is 0. The zero-order valence-electron chi connectivity index (χ0n) is 19.6. The van der Waals surface area contributed by atoms with E-state index in [4.69, 9.17) is 9.47 Å². The van der Waals surface area contributed by atoms with Gasteiger partial charge in [0.25, 0.3) is 5.91 Å². The Hall–Kier alpha value is -3.80. The predicted molar refractivity (Wildman–Crippen MR) is 136 cm³/mol. The Balaban J connectivity index is 0.00000180. The molecule has 2 N–H and O–H groups in total. The molecule has 1 aliphatic heterocycles. The summed E-state index contributed by atoms with van der Waals surface area (Å²) in [5, 5.41) is 5.80. The number of nitrogens with one attached hydrogen (secondary N) is 2. The molecule has 1 saturated carbocycles. The van der Waals surface area contributed by atoms with Crippen LogP contribution in [0.3, 0.4) is 0 Å². The van der Waals surface area contributed by atoms with Gasteiger partial charge in [-0.3, -0.25) is 9.59 Å². The van der Waals surface area contributed by atoms with Crippen molar-refractivity contribution >= 4 is 17.5 Å². The van der Waals surface area contributed by atoms with Gasteiger partial charge in [0.2, 0.25) is 12.7 Å². The minimum atomic E-state index is -0.535. The van der Waals surface area contributed by atoms with Gasteiger partial charge in [-0.2, -0.15) is 0 Å². The van der Waals surface area contributed by atoms with Gasteiger partial charge in [0.05, 0.1) is 5.41 Å². The number of rotatable bonds is 6. The summed E-state index contributed by atoms with van der Waals surface area (Å²) in [5.74, 6) is 1.60. The Kier molecular flexibility index (Phi) is 5.52. The Labute approximate surface area is 202 Å². The van der Waals surface area contributed by atoms with E-state index in [1.807, 2.05) is 54.6 Å². The van der Waals surface area contributed by atoms with E-state index in [0.717, 1.165) is 41.0 Å². The smallest absolute Gasteiger partial charge is 0.251 e. The van der Waals surface area contributed by atoms with Crippen LogP contribution in [0, 0.1) is 0 Å². The van der Waals surface area contributed by atoms with Crippen LogP contribution >= 0.6 is 0 Å². The molecule has 3 aromatic carbocycles. The van der Waals surface area contributed by atoms with Crippen LogP contribution in [0.2, 0.25) is 0 Å². The first kappa shape index (κ1) is 22.0. The molecule has 6 heteroatoms. The van der Waals surface area contributed by atoms with Crippen LogP contribution in [-0.2, 0) is 10.2 Å². The number of fused-ring (bicyclic) bond motifs is 1. The van der Waals surface area contributed by atoms with Crippen LogP contribution < -0.4 is 20.1 Å². The van der Waals surface area contributed by atoms with Crippen molar-refractivity contribution in [3.63, 3.8) is 0 Å². The summed E-state index contributed by atoms with van der Waals surface area (Å²) >= 11 is 0. The fourth-order valence-corrected chi connectivity index (χ4v) is 4.55. The average molecular weight is 461 g/mol. The van der Waals surface area contributed by atoms with Crippen LogP contribution in [0.25, 0.3) is 11.1 Å². The summed E-state index contributed by atoms with van der Waals surface area (Å²) in [6, 6.07) is 19.4. The fourth-order valence-electron chi connectivity index (χ4n) is 4.55. The van der Waals surface area contributed by atoms with Crippen LogP contribution in [0.5, 0.6) is 11.5 Å². The second-order valence-electron chi connectivity index (χ2n) is 9.22. The topological polar surface area (TPSA) is 76.7 Å². The molecule has 0 unspecified atom stereocenters. The number of hydrogen-bond acceptors (Lipinski definition) is 4. The molecule has 0 radical (unpaired) electrons. The number of anilines is 1. The van der Waals surface area contributed by atoms with Gasteiger partial charge in [-0.05, 0) is 77.4 Å². The van der Waals surface area contributed by atoms with Gasteiger partial charge < -0.3 is 20.1 Å². The fraction of sp³-hybridized carbons (Fsp3) is 0.286. The number of carbonyl (C=O) groups excluding carboxylic acids is 2. The lowest BCUT2D eigenvalue weighted by atomic mass is 9.91. The average Bonchev–Trinajstić information content (AvgIpc) is 3.54. The summed E-state index contributed by atoms with van der Waals surface area (Å²) in [5.41, 5.74) is 5.02. The van der Waals surface area contributed by atoms with Gasteiger partial charge in [0.1, 0.15) is 0 Å². The summed E-state index contributed by atoms with van der Waals surface area (Å²) < 4.78 is 10.9. The van der Waals surface area contributed by atoms with Crippen molar-refractivity contribution in [3.8, 4) is 22.6 Å². The van der Waals surface area contributed by atoms with Crippen LogP contribution in [0.4, 0.5) is 5.69 Å². The zero-order valence-corrected chi connectivity index (χ0v) is 19.6. The first-order valence-electron chi connectivity index (χ1n) is 11.6. The molecule has 6 nitrogen and oxygen atoms in total. The standard InChI is InChI=1S/C28H28N2O4.2H2/c1-17(2)22-10-9-21(15-23(22)18-4-6-19(7-5-18)26(31)29-3)30-27(32)28(12-13-28)20-8-11-24-25(14-20)34-16-33-24;;/h4-11,14-15,17H,12-13,16H2,1-3H3,(H,29,31)(H,30,32);2*1H. The third-order valence-corrected chi connectivity index (χ3v) is 6.73. The number of ether oxygens (including phenoxy) is 2. The lowest BCUT2D eigenvalue weighted by molar-refractivity contribution is -0.118. The Bertz CT molecular complexity index is 1270. The largest absolute Gasteiger partial charge is 0.454 e. The van der Waals surface area contributed by atoms with Crippen molar-refractivity contribution in [1.29, 1.82) is 0 Å². The van der Waals surface area contributed by atoms with Crippen molar-refractivity contribution in [1.82, 2.24) is 5.32 Å². The Morgan fingerprint density at radius 2 is 1.68 bits per heavy atom. The number of benzene rings is 3. The molecule has 2 amide bonds. The Morgan fingerprint density at radius 3 is 2.35 bits per heavy atom. The highest BCUT2D eigenvalue weighted by Crippen LogP contribution is 2.51. The van der Waals surface area contributed by atoms with Crippen molar-refractivity contribution in [2.75, 3.05) is 19.2 Å². The molecule has 0 spiro atoms. The molecule has 0 aromatic heterocycles. The molecule has 2 aliphatic rings. The number of hydrogen-bond donors (Lipinski definition) is 2. The molecule has 1 aliphatic carbocycles. The van der Waals surface area contributed by atoms with Gasteiger partial charge in [-0.25, -0.2) is 0 Å². The van der Waals surface area contributed by atoms with Gasteiger partial charge in [-0.15, -0.1) is 0 Å². The highest BCUT2D eigenvalue weighted by molar-refractivity contribution is 6.02. The van der Waals surface area contributed by atoms with Crippen molar-refractivity contribution < 1.29 is 21.9 Å². The number of amides is 2. The maximum atomic E-state index is 13.4. The van der Waals surface area contributed by atoms with E-state index in [1.54, 1.807) is 7.05 Å². The lowest BCUT2D eigenvalue weighted by Gasteiger charge is -2.19. The molecule has 3 aromatic rings. The third-order valence-electron chi connectivity index (χ3n) is 6.73. The molecule has 0 atom stereocenters. The highest BCUT2D eigenvalue weighted by atomic mass is 16.7. The van der Waals surface area contributed by atoms with E-state index < -0.39 is 5.41 Å². The molecule has 1 fully saturated rings. The molecule has 0 saturated heterocycles. The second-order valence-corrected chi connectivity index (χ2v) is 9.22. The lowest BCUT2D eigenvalue weighted by Crippen LogP contribution is -2.27. The molecule has 0 bridgehead atoms. The van der Waals surface area contributed by atoms with E-state index in [2.05, 4.69) is 30.5 Å². The molecule has 34 heavy (non-hydrogen) atoms. The molecule has 5 rings (SSSR count). The zero-order chi connectivity index (χ0) is 23.9. The van der Waals surface area contributed by atoms with Crippen LogP contribution in [0.15, 0.2) is 60.7 Å². The minimum Gasteiger partial charge on any atom is -0.454 e. The SMILES string of the molecule is CNC(=O)c1ccc(-c2cc(NC(=O)C3(c4ccc5c(c4)OCO5)CC3)ccc2C(C)C)cc1.[HH].[HH]. The molecular formula is C28H32N2O4. The van der Waals surface area contributed by atoms with E-state index in [9.17, 15) is 9.59 Å². The summed E-state index contributed by atoms with van der Waals surface area (Å²) in [6.45, 7) is 4.51. The van der Waals surface area contributed by atoms with Gasteiger partial charge >= 0.3 is 0 Å². The van der Waals surface area contributed by atoms with Crippen LogP contribution in [0.1, 0.15) is 56.9 Å². The highest BCUT2D eigenvalue weighted by Gasteiger charge is 2.51. The maximum absolute atomic E-state index is 13.4. The van der Waals surface area contributed by atoms with Gasteiger partial charge in [0, 0.05) is 21.2 Å².